The zero-order valence-electron chi connectivity index (χ0n) is 19.3. The van der Waals surface area contributed by atoms with Crippen LogP contribution in [-0.2, 0) is 30.3 Å². The van der Waals surface area contributed by atoms with Gasteiger partial charge in [-0.15, -0.1) is 0 Å². The molecular weight excluding hydrogens is 507 g/mol. The maximum atomic E-state index is 13.5. The number of hydrogen-bond acceptors (Lipinski definition) is 6. The molecule has 1 fully saturated rings. The number of halogens is 5. The van der Waals surface area contributed by atoms with E-state index in [-0.39, 0.29) is 11.8 Å². The molecule has 0 saturated carbocycles. The lowest BCUT2D eigenvalue weighted by Crippen LogP contribution is -2.47. The number of nitrogens with one attached hydrogen (secondary N) is 1. The molecule has 1 N–H and O–H groups in total. The number of aryl methyl sites for hydroxylation is 1. The van der Waals surface area contributed by atoms with Gasteiger partial charge >= 0.3 is 5.97 Å². The number of amides is 3. The van der Waals surface area contributed by atoms with E-state index in [0.717, 1.165) is 12.0 Å². The van der Waals surface area contributed by atoms with Crippen LogP contribution < -0.4 is 10.1 Å². The minimum Gasteiger partial charge on any atom is -0.418 e. The molecule has 3 amide bonds. The number of benzene rings is 2. The molecule has 1 heterocycles. The van der Waals surface area contributed by atoms with Crippen molar-refractivity contribution in [2.24, 2.45) is 0 Å². The van der Waals surface area contributed by atoms with Crippen LogP contribution in [-0.4, -0.2) is 48.3 Å². The molecule has 37 heavy (non-hydrogen) atoms. The highest BCUT2D eigenvalue weighted by atomic mass is 19.2. The molecule has 1 aliphatic rings. The maximum Gasteiger partial charge on any atom is 0.337 e. The van der Waals surface area contributed by atoms with Crippen molar-refractivity contribution in [3.05, 3.63) is 58.9 Å². The second-order valence-electron chi connectivity index (χ2n) is 8.01. The molecule has 2 aromatic carbocycles. The van der Waals surface area contributed by atoms with Gasteiger partial charge in [-0.2, -0.15) is 8.78 Å². The van der Waals surface area contributed by atoms with E-state index in [9.17, 15) is 41.1 Å². The molecule has 0 aromatic heterocycles. The number of esters is 1. The topological polar surface area (TPSA) is 102 Å². The molecule has 0 radical (unpaired) electrons. The molecule has 0 aliphatic carbocycles. The Morgan fingerprint density at radius 2 is 1.49 bits per heavy atom. The molecule has 0 unspecified atom stereocenters. The average Bonchev–Trinajstić information content (AvgIpc) is 2.86. The van der Waals surface area contributed by atoms with E-state index >= 15 is 0 Å². The Morgan fingerprint density at radius 3 is 2.05 bits per heavy atom. The quantitative estimate of drug-likeness (QED) is 0.0913. The van der Waals surface area contributed by atoms with Gasteiger partial charge in [-0.25, -0.2) is 18.0 Å². The molecule has 1 aliphatic heterocycles. The number of ether oxygens (including phenoxy) is 2. The van der Waals surface area contributed by atoms with E-state index < -0.39 is 59.9 Å². The largest absolute Gasteiger partial charge is 0.418 e. The lowest BCUT2D eigenvalue weighted by atomic mass is 10.1. The summed E-state index contributed by atoms with van der Waals surface area (Å²) in [6.45, 7) is -1.18. The standard InChI is InChI=1S/C24H21F5N2O6/c25-19-20(26)22(28)24(23(29)21(19)27)37-18(35)12-36-11-15(32)30-14-7-5-13(6-8-14)3-1-2-4-16(33)31-10-9-17(31)34/h5-8H,1-4,9-12H2,(H,30,32). The fourth-order valence-electron chi connectivity index (χ4n) is 3.32. The van der Waals surface area contributed by atoms with E-state index in [1.165, 1.54) is 4.90 Å². The summed E-state index contributed by atoms with van der Waals surface area (Å²) >= 11 is 0. The summed E-state index contributed by atoms with van der Waals surface area (Å²) in [6.07, 6.45) is 2.76. The highest BCUT2D eigenvalue weighted by molar-refractivity contribution is 5.99. The zero-order valence-corrected chi connectivity index (χ0v) is 19.3. The van der Waals surface area contributed by atoms with Crippen molar-refractivity contribution in [3.63, 3.8) is 0 Å². The minimum atomic E-state index is -2.40. The minimum absolute atomic E-state index is 0.142. The van der Waals surface area contributed by atoms with Gasteiger partial charge in [-0.1, -0.05) is 12.1 Å². The molecule has 3 rings (SSSR count). The Morgan fingerprint density at radius 1 is 0.865 bits per heavy atom. The first-order valence-electron chi connectivity index (χ1n) is 11.1. The number of nitrogens with zero attached hydrogens (tertiary/aromatic N) is 1. The van der Waals surface area contributed by atoms with Crippen molar-refractivity contribution in [3.8, 4) is 5.75 Å². The van der Waals surface area contributed by atoms with Crippen LogP contribution in [0.4, 0.5) is 27.6 Å². The fourth-order valence-corrected chi connectivity index (χ4v) is 3.32. The summed E-state index contributed by atoms with van der Waals surface area (Å²) in [6, 6.07) is 6.76. The zero-order chi connectivity index (χ0) is 27.1. The van der Waals surface area contributed by atoms with Gasteiger partial charge in [0.25, 0.3) is 0 Å². The number of hydrogen-bond donors (Lipinski definition) is 1. The molecule has 0 bridgehead atoms. The van der Waals surface area contributed by atoms with Crippen molar-refractivity contribution in [2.75, 3.05) is 25.1 Å². The first-order valence-corrected chi connectivity index (χ1v) is 11.1. The number of anilines is 1. The van der Waals surface area contributed by atoms with E-state index in [1.54, 1.807) is 24.3 Å². The van der Waals surface area contributed by atoms with Crippen molar-refractivity contribution in [2.45, 2.75) is 32.1 Å². The highest BCUT2D eigenvalue weighted by Gasteiger charge is 2.29. The van der Waals surface area contributed by atoms with Crippen LogP contribution in [0, 0.1) is 29.1 Å². The first kappa shape index (κ1) is 27.7. The van der Waals surface area contributed by atoms with Crippen LogP contribution in [0.15, 0.2) is 24.3 Å². The average molecular weight is 528 g/mol. The number of imide groups is 1. The fraction of sp³-hybridized carbons (Fsp3) is 0.333. The number of carbonyl (C=O) groups is 4. The van der Waals surface area contributed by atoms with Gasteiger partial charge in [-0.05, 0) is 37.0 Å². The summed E-state index contributed by atoms with van der Waals surface area (Å²) in [5, 5.41) is 2.48. The van der Waals surface area contributed by atoms with Crippen LogP contribution in [0.2, 0.25) is 0 Å². The van der Waals surface area contributed by atoms with Crippen LogP contribution in [0.5, 0.6) is 5.75 Å². The third-order valence-corrected chi connectivity index (χ3v) is 5.33. The molecule has 0 atom stereocenters. The lowest BCUT2D eigenvalue weighted by molar-refractivity contribution is -0.152. The van der Waals surface area contributed by atoms with Gasteiger partial charge in [0.05, 0.1) is 0 Å². The number of unbranched alkanes of at least 4 members (excludes halogenated alkanes) is 1. The van der Waals surface area contributed by atoms with Gasteiger partial charge < -0.3 is 14.8 Å². The molecule has 13 heteroatoms. The Labute approximate surface area is 207 Å². The summed E-state index contributed by atoms with van der Waals surface area (Å²) in [4.78, 5) is 47.9. The smallest absolute Gasteiger partial charge is 0.337 e. The van der Waals surface area contributed by atoms with Crippen LogP contribution in [0.3, 0.4) is 0 Å². The molecule has 198 valence electrons. The molecule has 0 spiro atoms. The predicted molar refractivity (Wildman–Crippen MR) is 117 cm³/mol. The normalized spacial score (nSPS) is 12.8. The Hall–Kier alpha value is -3.87. The van der Waals surface area contributed by atoms with Crippen molar-refractivity contribution < 1.29 is 50.6 Å². The number of rotatable bonds is 11. The van der Waals surface area contributed by atoms with Crippen LogP contribution >= 0.6 is 0 Å². The van der Waals surface area contributed by atoms with Gasteiger partial charge in [0.1, 0.15) is 13.2 Å². The predicted octanol–water partition coefficient (Wildman–Crippen LogP) is 3.41. The Kier molecular flexibility index (Phi) is 9.28. The lowest BCUT2D eigenvalue weighted by Gasteiger charge is -2.28. The SMILES string of the molecule is O=C(COCC(=O)Oc1c(F)c(F)c(F)c(F)c1F)Nc1ccc(CCCCC(=O)N2CCC2=O)cc1. The van der Waals surface area contributed by atoms with E-state index in [2.05, 4.69) is 10.1 Å². The highest BCUT2D eigenvalue weighted by Crippen LogP contribution is 2.29. The number of likely N-dealkylation sites (tertiary alicyclic amines) is 1. The number of carbonyl (C=O) groups excluding carboxylic acids is 4. The van der Waals surface area contributed by atoms with E-state index in [1.807, 2.05) is 0 Å². The van der Waals surface area contributed by atoms with Gasteiger partial charge in [0.15, 0.2) is 0 Å². The molecule has 2 aromatic rings. The van der Waals surface area contributed by atoms with Gasteiger partial charge in [-0.3, -0.25) is 19.3 Å². The summed E-state index contributed by atoms with van der Waals surface area (Å²) in [7, 11) is 0. The van der Waals surface area contributed by atoms with E-state index in [0.29, 0.717) is 37.9 Å². The molecule has 8 nitrogen and oxygen atoms in total. The molecular formula is C24H21F5N2O6. The van der Waals surface area contributed by atoms with Crippen LogP contribution in [0.25, 0.3) is 0 Å². The van der Waals surface area contributed by atoms with Gasteiger partial charge in [0, 0.05) is 25.1 Å². The second-order valence-corrected chi connectivity index (χ2v) is 8.01. The monoisotopic (exact) mass is 528 g/mol. The molecule has 1 saturated heterocycles. The van der Waals surface area contributed by atoms with Crippen molar-refractivity contribution in [1.82, 2.24) is 4.90 Å². The second kappa shape index (κ2) is 12.4. The van der Waals surface area contributed by atoms with E-state index in [4.69, 9.17) is 4.74 Å². The summed E-state index contributed by atoms with van der Waals surface area (Å²) in [5.74, 6) is -15.8. The third-order valence-electron chi connectivity index (χ3n) is 5.33. The maximum absolute atomic E-state index is 13.5. The van der Waals surface area contributed by atoms with Crippen molar-refractivity contribution in [1.29, 1.82) is 0 Å². The summed E-state index contributed by atoms with van der Waals surface area (Å²) < 4.78 is 75.3. The van der Waals surface area contributed by atoms with Crippen LogP contribution in [0.1, 0.15) is 31.2 Å². The number of β-lactam (4-membered cyclic amide) rings is 1. The van der Waals surface area contributed by atoms with Gasteiger partial charge in [0.2, 0.25) is 52.6 Å². The summed E-state index contributed by atoms with van der Waals surface area (Å²) in [5.41, 5.74) is 1.37. The third kappa shape index (κ3) is 7.09. The Balaban J connectivity index is 1.36. The first-order chi connectivity index (χ1) is 17.6. The Bertz CT molecular complexity index is 1180. The van der Waals surface area contributed by atoms with Crippen molar-refractivity contribution >= 4 is 29.4 Å².